The Morgan fingerprint density at radius 2 is 2.08 bits per heavy atom. The van der Waals surface area contributed by atoms with Gasteiger partial charge in [0.25, 0.3) is 0 Å². The van der Waals surface area contributed by atoms with Gasteiger partial charge in [0.1, 0.15) is 5.75 Å². The lowest BCUT2D eigenvalue weighted by Crippen LogP contribution is -2.32. The summed E-state index contributed by atoms with van der Waals surface area (Å²) in [6.45, 7) is 7.96. The SMILES string of the molecule is COc1cccc(C2CN(C(=O)CCn3nc(C)c(C)c3C)CC2N)c1. The highest BCUT2D eigenvalue weighted by molar-refractivity contribution is 5.76. The van der Waals surface area contributed by atoms with E-state index in [0.717, 1.165) is 22.7 Å². The fourth-order valence-corrected chi connectivity index (χ4v) is 3.62. The van der Waals surface area contributed by atoms with Crippen LogP contribution in [0.1, 0.15) is 34.9 Å². The van der Waals surface area contributed by atoms with E-state index in [4.69, 9.17) is 10.5 Å². The highest BCUT2D eigenvalue weighted by atomic mass is 16.5. The molecule has 0 bridgehead atoms. The Morgan fingerprint density at radius 1 is 1.31 bits per heavy atom. The summed E-state index contributed by atoms with van der Waals surface area (Å²) in [5.41, 5.74) is 10.8. The van der Waals surface area contributed by atoms with E-state index < -0.39 is 0 Å². The van der Waals surface area contributed by atoms with Gasteiger partial charge in [-0.05, 0) is 44.0 Å². The Kier molecular flexibility index (Phi) is 5.32. The molecule has 2 aromatic rings. The van der Waals surface area contributed by atoms with E-state index >= 15 is 0 Å². The predicted octanol–water partition coefficient (Wildman–Crippen LogP) is 2.16. The summed E-state index contributed by atoms with van der Waals surface area (Å²) in [5.74, 6) is 1.10. The molecule has 2 heterocycles. The number of carbonyl (C=O) groups excluding carboxylic acids is 1. The minimum absolute atomic E-state index is 0.0537. The summed E-state index contributed by atoms with van der Waals surface area (Å²) in [7, 11) is 1.66. The Morgan fingerprint density at radius 3 is 2.73 bits per heavy atom. The van der Waals surface area contributed by atoms with Crippen molar-refractivity contribution in [3.8, 4) is 5.75 Å². The summed E-state index contributed by atoms with van der Waals surface area (Å²) >= 11 is 0. The molecule has 1 amide bonds. The van der Waals surface area contributed by atoms with Crippen LogP contribution in [0.5, 0.6) is 5.75 Å². The third-order valence-electron chi connectivity index (χ3n) is 5.52. The monoisotopic (exact) mass is 356 g/mol. The first-order valence-corrected chi connectivity index (χ1v) is 9.08. The van der Waals surface area contributed by atoms with E-state index in [0.29, 0.717) is 26.1 Å². The van der Waals surface area contributed by atoms with Crippen molar-refractivity contribution in [2.45, 2.75) is 45.7 Å². The average Bonchev–Trinajstić information content (AvgIpc) is 3.15. The fourth-order valence-electron chi connectivity index (χ4n) is 3.62. The molecule has 140 valence electrons. The molecule has 0 radical (unpaired) electrons. The number of hydrogen-bond acceptors (Lipinski definition) is 4. The molecule has 0 spiro atoms. The summed E-state index contributed by atoms with van der Waals surface area (Å²) in [6, 6.07) is 7.90. The molecule has 2 unspecified atom stereocenters. The number of ether oxygens (including phenoxy) is 1. The number of amides is 1. The Hall–Kier alpha value is -2.34. The van der Waals surface area contributed by atoms with Gasteiger partial charge in [0, 0.05) is 43.7 Å². The number of carbonyl (C=O) groups is 1. The molecule has 1 saturated heterocycles. The van der Waals surface area contributed by atoms with Crippen molar-refractivity contribution in [3.05, 3.63) is 46.8 Å². The summed E-state index contributed by atoms with van der Waals surface area (Å²) in [5, 5.41) is 4.51. The average molecular weight is 356 g/mol. The van der Waals surface area contributed by atoms with E-state index in [2.05, 4.69) is 18.1 Å². The summed E-state index contributed by atoms with van der Waals surface area (Å²) in [6.07, 6.45) is 0.443. The van der Waals surface area contributed by atoms with Crippen molar-refractivity contribution in [2.75, 3.05) is 20.2 Å². The number of hydrogen-bond donors (Lipinski definition) is 1. The molecular weight excluding hydrogens is 328 g/mol. The van der Waals surface area contributed by atoms with Gasteiger partial charge < -0.3 is 15.4 Å². The first kappa shape index (κ1) is 18.5. The first-order chi connectivity index (χ1) is 12.4. The van der Waals surface area contributed by atoms with Gasteiger partial charge >= 0.3 is 0 Å². The van der Waals surface area contributed by atoms with Gasteiger partial charge in [-0.2, -0.15) is 5.10 Å². The van der Waals surface area contributed by atoms with Crippen molar-refractivity contribution < 1.29 is 9.53 Å². The topological polar surface area (TPSA) is 73.4 Å². The van der Waals surface area contributed by atoms with Crippen LogP contribution in [0.2, 0.25) is 0 Å². The van der Waals surface area contributed by atoms with Crippen LogP contribution in [-0.2, 0) is 11.3 Å². The summed E-state index contributed by atoms with van der Waals surface area (Å²) in [4.78, 5) is 14.6. The fraction of sp³-hybridized carbons (Fsp3) is 0.500. The normalized spacial score (nSPS) is 19.8. The zero-order valence-electron chi connectivity index (χ0n) is 16.0. The van der Waals surface area contributed by atoms with Crippen LogP contribution in [0, 0.1) is 20.8 Å². The lowest BCUT2D eigenvalue weighted by Gasteiger charge is -2.17. The van der Waals surface area contributed by atoms with Crippen molar-refractivity contribution in [2.24, 2.45) is 5.73 Å². The number of benzene rings is 1. The Labute approximate surface area is 154 Å². The standard InChI is InChI=1S/C20H28N4O2/c1-13-14(2)22-24(15(13)3)9-8-20(25)23-11-18(19(21)12-23)16-6-5-7-17(10-16)26-4/h5-7,10,18-19H,8-9,11-12,21H2,1-4H3. The van der Waals surface area contributed by atoms with E-state index in [1.165, 1.54) is 5.56 Å². The number of aromatic nitrogens is 2. The van der Waals surface area contributed by atoms with E-state index in [9.17, 15) is 4.79 Å². The quantitative estimate of drug-likeness (QED) is 0.891. The number of likely N-dealkylation sites (tertiary alicyclic amines) is 1. The molecule has 0 saturated carbocycles. The second-order valence-corrected chi connectivity index (χ2v) is 7.11. The van der Waals surface area contributed by atoms with E-state index in [-0.39, 0.29) is 17.9 Å². The highest BCUT2D eigenvalue weighted by Crippen LogP contribution is 2.29. The van der Waals surface area contributed by atoms with E-state index in [1.807, 2.05) is 41.6 Å². The number of aryl methyl sites for hydroxylation is 2. The second kappa shape index (κ2) is 7.50. The van der Waals surface area contributed by atoms with Crippen LogP contribution < -0.4 is 10.5 Å². The van der Waals surface area contributed by atoms with Gasteiger partial charge in [-0.15, -0.1) is 0 Å². The molecule has 6 nitrogen and oxygen atoms in total. The zero-order valence-corrected chi connectivity index (χ0v) is 16.0. The van der Waals surface area contributed by atoms with Crippen LogP contribution in [0.3, 0.4) is 0 Å². The minimum atomic E-state index is -0.0537. The van der Waals surface area contributed by atoms with Gasteiger partial charge in [-0.1, -0.05) is 12.1 Å². The van der Waals surface area contributed by atoms with Crippen molar-refractivity contribution in [3.63, 3.8) is 0 Å². The molecule has 1 aliphatic heterocycles. The van der Waals surface area contributed by atoms with Gasteiger partial charge in [0.15, 0.2) is 0 Å². The summed E-state index contributed by atoms with van der Waals surface area (Å²) < 4.78 is 7.23. The smallest absolute Gasteiger partial charge is 0.224 e. The number of nitrogens with two attached hydrogens (primary N) is 1. The third kappa shape index (κ3) is 3.60. The maximum absolute atomic E-state index is 12.7. The lowest BCUT2D eigenvalue weighted by atomic mass is 9.95. The van der Waals surface area contributed by atoms with Crippen LogP contribution in [0.4, 0.5) is 0 Å². The molecule has 1 aromatic carbocycles. The second-order valence-electron chi connectivity index (χ2n) is 7.11. The molecule has 1 aliphatic rings. The molecule has 3 rings (SSSR count). The van der Waals surface area contributed by atoms with Gasteiger partial charge in [0.05, 0.1) is 12.8 Å². The predicted molar refractivity (Wildman–Crippen MR) is 101 cm³/mol. The molecular formula is C20H28N4O2. The van der Waals surface area contributed by atoms with Crippen LogP contribution in [0.15, 0.2) is 24.3 Å². The third-order valence-corrected chi connectivity index (χ3v) is 5.52. The highest BCUT2D eigenvalue weighted by Gasteiger charge is 2.33. The van der Waals surface area contributed by atoms with E-state index in [1.54, 1.807) is 7.11 Å². The first-order valence-electron chi connectivity index (χ1n) is 9.08. The van der Waals surface area contributed by atoms with Gasteiger partial charge in [-0.3, -0.25) is 9.48 Å². The van der Waals surface area contributed by atoms with Crippen LogP contribution in [0.25, 0.3) is 0 Å². The molecule has 1 aromatic heterocycles. The molecule has 6 heteroatoms. The maximum Gasteiger partial charge on any atom is 0.224 e. The van der Waals surface area contributed by atoms with Crippen LogP contribution in [-0.4, -0.2) is 46.8 Å². The van der Waals surface area contributed by atoms with Crippen LogP contribution >= 0.6 is 0 Å². The van der Waals surface area contributed by atoms with Crippen molar-refractivity contribution in [1.82, 2.24) is 14.7 Å². The Balaban J connectivity index is 1.63. The molecule has 2 atom stereocenters. The molecule has 0 aliphatic carbocycles. The molecule has 2 N–H and O–H groups in total. The van der Waals surface area contributed by atoms with Gasteiger partial charge in [-0.25, -0.2) is 0 Å². The van der Waals surface area contributed by atoms with Crippen molar-refractivity contribution >= 4 is 5.91 Å². The Bertz CT molecular complexity index is 799. The van der Waals surface area contributed by atoms with Crippen molar-refractivity contribution in [1.29, 1.82) is 0 Å². The van der Waals surface area contributed by atoms with Gasteiger partial charge in [0.2, 0.25) is 5.91 Å². The minimum Gasteiger partial charge on any atom is -0.497 e. The molecule has 1 fully saturated rings. The number of nitrogens with zero attached hydrogens (tertiary/aromatic N) is 3. The maximum atomic E-state index is 12.7. The lowest BCUT2D eigenvalue weighted by molar-refractivity contribution is -0.130. The largest absolute Gasteiger partial charge is 0.497 e. The zero-order chi connectivity index (χ0) is 18.8. The molecule has 26 heavy (non-hydrogen) atoms. The number of rotatable bonds is 5. The number of methoxy groups -OCH3 is 1.